The molecule has 134 valence electrons. The molecule has 0 aromatic rings. The van der Waals surface area contributed by atoms with Crippen molar-refractivity contribution in [2.24, 2.45) is 47.3 Å². The Morgan fingerprint density at radius 3 is 2.67 bits per heavy atom. The van der Waals surface area contributed by atoms with Gasteiger partial charge in [0, 0.05) is 0 Å². The molecule has 10 unspecified atom stereocenters. The van der Waals surface area contributed by atoms with Gasteiger partial charge in [-0.25, -0.2) is 0 Å². The average Bonchev–Trinajstić information content (AvgIpc) is 3.29. The number of alkyl halides is 3. The van der Waals surface area contributed by atoms with E-state index in [9.17, 15) is 9.59 Å². The van der Waals surface area contributed by atoms with Gasteiger partial charge in [0.25, 0.3) is 0 Å². The summed E-state index contributed by atoms with van der Waals surface area (Å²) in [7, 11) is 0. The van der Waals surface area contributed by atoms with Crippen molar-refractivity contribution in [2.45, 2.75) is 36.2 Å². The first-order chi connectivity index (χ1) is 11.5. The van der Waals surface area contributed by atoms with Crippen LogP contribution in [0.15, 0.2) is 0 Å². The summed E-state index contributed by atoms with van der Waals surface area (Å²) in [6, 6.07) is 0. The van der Waals surface area contributed by atoms with E-state index in [1.54, 1.807) is 0 Å². The van der Waals surface area contributed by atoms with Gasteiger partial charge in [-0.1, -0.05) is 0 Å². The number of ether oxygens (including phenoxy) is 2. The van der Waals surface area contributed by atoms with Crippen LogP contribution in [0.2, 0.25) is 0 Å². The third-order valence-electron chi connectivity index (χ3n) is 8.01. The van der Waals surface area contributed by atoms with Gasteiger partial charge >= 0.3 is 151 Å². The van der Waals surface area contributed by atoms with Crippen molar-refractivity contribution < 1.29 is 19.1 Å². The number of hydrogen-bond donors (Lipinski definition) is 0. The fourth-order valence-electron chi connectivity index (χ4n) is 7.09. The van der Waals surface area contributed by atoms with Crippen molar-refractivity contribution in [3.8, 4) is 0 Å². The average molecular weight is 446 g/mol. The van der Waals surface area contributed by atoms with Gasteiger partial charge in [0.2, 0.25) is 0 Å². The van der Waals surface area contributed by atoms with Gasteiger partial charge in [-0.15, -0.1) is 0 Å². The molecule has 4 aliphatic carbocycles. The summed E-state index contributed by atoms with van der Waals surface area (Å²) in [5.74, 6) is 4.60. The Labute approximate surface area is 150 Å². The topological polar surface area (TPSA) is 52.6 Å². The number of rotatable bonds is 3. The first-order valence-corrected chi connectivity index (χ1v) is 14.9. The fourth-order valence-corrected chi connectivity index (χ4v) is 8.26. The molecule has 5 heteroatoms. The third kappa shape index (κ3) is 1.96. The second-order valence-corrected chi connectivity index (χ2v) is 15.4. The molecule has 0 aromatic carbocycles. The molecule has 0 aromatic heterocycles. The van der Waals surface area contributed by atoms with Crippen LogP contribution in [0.3, 0.4) is 0 Å². The Bertz CT molecular complexity index is 590. The summed E-state index contributed by atoms with van der Waals surface area (Å²) in [6.45, 7) is 2.71. The van der Waals surface area contributed by atoms with Crippen LogP contribution in [-0.4, -0.2) is 38.4 Å². The fraction of sp³-hybridized carbons (Fsp3) is 0.895. The molecule has 4 nitrogen and oxygen atoms in total. The van der Waals surface area contributed by atoms with E-state index in [4.69, 9.17) is 9.47 Å². The minimum atomic E-state index is -1.16. The molecule has 5 aliphatic rings. The van der Waals surface area contributed by atoms with Crippen LogP contribution in [-0.2, 0) is 19.1 Å². The molecule has 0 N–H and O–H groups in total. The zero-order valence-electron chi connectivity index (χ0n) is 14.6. The van der Waals surface area contributed by atoms with E-state index in [2.05, 4.69) is 9.86 Å². The number of halogens is 1. The molecule has 4 saturated carbocycles. The van der Waals surface area contributed by atoms with Crippen LogP contribution in [0, 0.1) is 47.3 Å². The molecule has 1 heterocycles. The van der Waals surface area contributed by atoms with E-state index in [1.807, 2.05) is 6.92 Å². The molecule has 1 saturated heterocycles. The maximum atomic E-state index is 12.4. The van der Waals surface area contributed by atoms with Crippen molar-refractivity contribution >= 4 is 31.8 Å². The summed E-state index contributed by atoms with van der Waals surface area (Å²) in [4.78, 5) is 29.1. The van der Waals surface area contributed by atoms with E-state index >= 15 is 0 Å². The van der Waals surface area contributed by atoms with Gasteiger partial charge in [-0.3, -0.25) is 0 Å². The molecule has 5 rings (SSSR count). The van der Waals surface area contributed by atoms with E-state index in [0.29, 0.717) is 36.2 Å². The van der Waals surface area contributed by atoms with Crippen LogP contribution in [0.5, 0.6) is 0 Å². The first-order valence-electron chi connectivity index (χ1n) is 9.33. The van der Waals surface area contributed by atoms with Crippen molar-refractivity contribution in [3.63, 3.8) is 0 Å². The molecule has 0 amide bonds. The minimum absolute atomic E-state index is 0.0422. The van der Waals surface area contributed by atoms with Crippen molar-refractivity contribution in [2.75, 3.05) is 16.5 Å². The molecule has 10 atom stereocenters. The van der Waals surface area contributed by atoms with Crippen molar-refractivity contribution in [3.05, 3.63) is 0 Å². The zero-order valence-corrected chi connectivity index (χ0v) is 16.8. The van der Waals surface area contributed by atoms with E-state index < -0.39 is 19.8 Å². The van der Waals surface area contributed by atoms with E-state index in [-0.39, 0.29) is 27.9 Å². The Morgan fingerprint density at radius 1 is 1.12 bits per heavy atom. The Morgan fingerprint density at radius 2 is 1.92 bits per heavy atom. The third-order valence-corrected chi connectivity index (χ3v) is 12.3. The van der Waals surface area contributed by atoms with E-state index in [0.717, 1.165) is 18.3 Å². The van der Waals surface area contributed by atoms with Crippen LogP contribution in [0.1, 0.15) is 26.2 Å². The number of carbonyl (C=O) groups excluding carboxylic acids is 2. The number of carbonyl (C=O) groups is 2. The van der Waals surface area contributed by atoms with Gasteiger partial charge in [0.05, 0.1) is 0 Å². The molecule has 0 spiro atoms. The second-order valence-electron chi connectivity index (χ2n) is 8.84. The summed E-state index contributed by atoms with van der Waals surface area (Å²) >= 11 is -1.16. The SMILES string of the molecule is CC(C(=O)OC1CC2CC1C1C3CC(C4COC(=O)C43)C21)I(C)C. The maximum absolute atomic E-state index is 12.4. The van der Waals surface area contributed by atoms with Gasteiger partial charge < -0.3 is 0 Å². The standard InChI is InChI=1S/C19H27IO4/c1-8(20(2)3)18(21)24-14-5-9-4-11(14)16-12-6-10(15(9)16)13-7-23-19(22)17(12)13/h8-17H,4-7H2,1-3H3. The monoisotopic (exact) mass is 446 g/mol. The molecular formula is C19H27IO4. The quantitative estimate of drug-likeness (QED) is 0.290. The zero-order chi connectivity index (χ0) is 16.7. The van der Waals surface area contributed by atoms with Crippen LogP contribution in [0.4, 0.5) is 0 Å². The molecule has 5 fully saturated rings. The molecule has 0 radical (unpaired) electrons. The summed E-state index contributed by atoms with van der Waals surface area (Å²) in [6.07, 6.45) is 3.64. The molecule has 4 bridgehead atoms. The number of cyclic esters (lactones) is 1. The second kappa shape index (κ2) is 5.34. The van der Waals surface area contributed by atoms with Crippen LogP contribution >= 0.6 is 19.8 Å². The Hall–Kier alpha value is -0.330. The van der Waals surface area contributed by atoms with Crippen LogP contribution < -0.4 is 0 Å². The van der Waals surface area contributed by atoms with E-state index in [1.165, 1.54) is 12.8 Å². The molecule has 24 heavy (non-hydrogen) atoms. The Balaban J connectivity index is 1.34. The summed E-state index contributed by atoms with van der Waals surface area (Å²) in [5, 5.41) is 0. The molecular weight excluding hydrogens is 419 g/mol. The Kier molecular flexibility index (Phi) is 3.53. The van der Waals surface area contributed by atoms with Crippen LogP contribution in [0.25, 0.3) is 0 Å². The summed E-state index contributed by atoms with van der Waals surface area (Å²) in [5.41, 5.74) is 0. The van der Waals surface area contributed by atoms with Gasteiger partial charge in [-0.2, -0.15) is 0 Å². The van der Waals surface area contributed by atoms with Gasteiger partial charge in [0.15, 0.2) is 0 Å². The van der Waals surface area contributed by atoms with Crippen molar-refractivity contribution in [1.29, 1.82) is 0 Å². The predicted molar refractivity (Wildman–Crippen MR) is 97.9 cm³/mol. The normalized spacial score (nSPS) is 52.0. The predicted octanol–water partition coefficient (Wildman–Crippen LogP) is 2.76. The van der Waals surface area contributed by atoms with Gasteiger partial charge in [0.1, 0.15) is 0 Å². The number of hydrogen-bond acceptors (Lipinski definition) is 4. The number of esters is 2. The first kappa shape index (κ1) is 15.9. The van der Waals surface area contributed by atoms with Crippen molar-refractivity contribution in [1.82, 2.24) is 0 Å². The number of fused-ring (bicyclic) bond motifs is 12. The molecule has 1 aliphatic heterocycles. The van der Waals surface area contributed by atoms with Gasteiger partial charge in [-0.05, 0) is 0 Å². The summed E-state index contributed by atoms with van der Waals surface area (Å²) < 4.78 is 11.5.